The van der Waals surface area contributed by atoms with E-state index in [9.17, 15) is 4.79 Å². The molecule has 1 aromatic rings. The fourth-order valence-electron chi connectivity index (χ4n) is 1.43. The highest BCUT2D eigenvalue weighted by Gasteiger charge is 2.27. The summed E-state index contributed by atoms with van der Waals surface area (Å²) in [5.41, 5.74) is 6.72. The normalized spacial score (nSPS) is 14.6. The molecule has 2 rings (SSSR count). The van der Waals surface area contributed by atoms with Crippen LogP contribution >= 0.6 is 0 Å². The smallest absolute Gasteiger partial charge is 0.254 e. The van der Waals surface area contributed by atoms with Crippen LogP contribution in [0.15, 0.2) is 12.3 Å². The summed E-state index contributed by atoms with van der Waals surface area (Å²) in [5, 5.41) is 2.58. The molecule has 1 saturated carbocycles. The van der Waals surface area contributed by atoms with Gasteiger partial charge in [0.25, 0.3) is 5.91 Å². The first-order chi connectivity index (χ1) is 7.76. The van der Waals surface area contributed by atoms with E-state index in [0.29, 0.717) is 17.0 Å². The average molecular weight is 221 g/mol. The Labute approximate surface area is 94.0 Å². The molecule has 0 saturated heterocycles. The minimum atomic E-state index is -0.173. The molecule has 0 atom stereocenters. The molecule has 1 amide bonds. The van der Waals surface area contributed by atoms with E-state index in [4.69, 9.17) is 10.5 Å². The quantitative estimate of drug-likeness (QED) is 0.773. The lowest BCUT2D eigenvalue weighted by molar-refractivity contribution is 0.0958. The maximum Gasteiger partial charge on any atom is 0.254 e. The summed E-state index contributed by atoms with van der Waals surface area (Å²) >= 11 is 0. The number of nitrogens with two attached hydrogens (primary N) is 1. The predicted octanol–water partition coefficient (Wildman–Crippen LogP) is 0.441. The Morgan fingerprint density at radius 2 is 2.44 bits per heavy atom. The highest BCUT2D eigenvalue weighted by atomic mass is 16.5. The fraction of sp³-hybridized carbons (Fsp3) is 0.455. The number of hydrogen-bond donors (Lipinski definition) is 2. The van der Waals surface area contributed by atoms with Crippen LogP contribution in [0.25, 0.3) is 0 Å². The number of carbonyl (C=O) groups excluding carboxylic acids is 1. The van der Waals surface area contributed by atoms with Gasteiger partial charge in [-0.2, -0.15) is 0 Å². The van der Waals surface area contributed by atoms with Crippen LogP contribution in [0.1, 0.15) is 28.9 Å². The molecule has 1 aliphatic carbocycles. The van der Waals surface area contributed by atoms with E-state index in [0.717, 1.165) is 12.8 Å². The number of pyridine rings is 1. The number of ether oxygens (including phenoxy) is 1. The van der Waals surface area contributed by atoms with Gasteiger partial charge in [0.05, 0.1) is 17.4 Å². The summed E-state index contributed by atoms with van der Waals surface area (Å²) in [6, 6.07) is 1.65. The molecule has 1 aliphatic rings. The van der Waals surface area contributed by atoms with E-state index in [-0.39, 0.29) is 18.6 Å². The standard InChI is InChI=1S/C11H15N3O2/c1-13-11(15)8-4-5-14-9(6-12)10(8)16-7-2-3-7/h4-5,7H,2-3,6,12H2,1H3,(H,13,15). The maximum absolute atomic E-state index is 11.6. The molecule has 86 valence electrons. The summed E-state index contributed by atoms with van der Waals surface area (Å²) in [4.78, 5) is 15.8. The van der Waals surface area contributed by atoms with Gasteiger partial charge in [0.15, 0.2) is 5.75 Å². The van der Waals surface area contributed by atoms with Gasteiger partial charge >= 0.3 is 0 Å². The zero-order valence-corrected chi connectivity index (χ0v) is 9.19. The summed E-state index contributed by atoms with van der Waals surface area (Å²) in [7, 11) is 1.59. The third-order valence-corrected chi connectivity index (χ3v) is 2.45. The molecule has 1 heterocycles. The van der Waals surface area contributed by atoms with Crippen LogP contribution in [0.5, 0.6) is 5.75 Å². The minimum Gasteiger partial charge on any atom is -0.488 e. The Morgan fingerprint density at radius 1 is 1.69 bits per heavy atom. The molecule has 1 aromatic heterocycles. The van der Waals surface area contributed by atoms with Gasteiger partial charge < -0.3 is 15.8 Å². The van der Waals surface area contributed by atoms with Crippen molar-refractivity contribution < 1.29 is 9.53 Å². The van der Waals surface area contributed by atoms with E-state index in [1.165, 1.54) is 0 Å². The SMILES string of the molecule is CNC(=O)c1ccnc(CN)c1OC1CC1. The number of rotatable bonds is 4. The van der Waals surface area contributed by atoms with Gasteiger partial charge in [-0.25, -0.2) is 0 Å². The monoisotopic (exact) mass is 221 g/mol. The topological polar surface area (TPSA) is 77.2 Å². The van der Waals surface area contributed by atoms with Crippen LogP contribution < -0.4 is 15.8 Å². The Morgan fingerprint density at radius 3 is 3.00 bits per heavy atom. The third-order valence-electron chi connectivity index (χ3n) is 2.45. The highest BCUT2D eigenvalue weighted by molar-refractivity contribution is 5.96. The first-order valence-corrected chi connectivity index (χ1v) is 5.33. The van der Waals surface area contributed by atoms with Gasteiger partial charge in [-0.1, -0.05) is 0 Å². The van der Waals surface area contributed by atoms with Crippen LogP contribution in [0.3, 0.4) is 0 Å². The lowest BCUT2D eigenvalue weighted by atomic mass is 10.2. The zero-order chi connectivity index (χ0) is 11.5. The summed E-state index contributed by atoms with van der Waals surface area (Å²) in [6.45, 7) is 0.271. The van der Waals surface area contributed by atoms with Crippen LogP contribution in [-0.2, 0) is 6.54 Å². The zero-order valence-electron chi connectivity index (χ0n) is 9.19. The van der Waals surface area contributed by atoms with Crippen molar-refractivity contribution in [1.82, 2.24) is 10.3 Å². The van der Waals surface area contributed by atoms with Crippen molar-refractivity contribution in [1.29, 1.82) is 0 Å². The highest BCUT2D eigenvalue weighted by Crippen LogP contribution is 2.30. The third kappa shape index (κ3) is 2.14. The largest absolute Gasteiger partial charge is 0.488 e. The first kappa shape index (κ1) is 10.9. The van der Waals surface area contributed by atoms with E-state index in [2.05, 4.69) is 10.3 Å². The van der Waals surface area contributed by atoms with Gasteiger partial charge in [-0.15, -0.1) is 0 Å². The summed E-state index contributed by atoms with van der Waals surface area (Å²) in [5.74, 6) is 0.361. The van der Waals surface area contributed by atoms with Crippen LogP contribution in [0.4, 0.5) is 0 Å². The van der Waals surface area contributed by atoms with Gasteiger partial charge in [0.2, 0.25) is 0 Å². The Balaban J connectivity index is 2.36. The molecule has 5 nitrogen and oxygen atoms in total. The van der Waals surface area contributed by atoms with Crippen molar-refractivity contribution in [2.45, 2.75) is 25.5 Å². The Kier molecular flexibility index (Phi) is 3.05. The van der Waals surface area contributed by atoms with Gasteiger partial charge in [-0.05, 0) is 18.9 Å². The Bertz CT molecular complexity index is 402. The lowest BCUT2D eigenvalue weighted by Gasteiger charge is -2.12. The van der Waals surface area contributed by atoms with Crippen molar-refractivity contribution in [3.8, 4) is 5.75 Å². The molecule has 0 unspecified atom stereocenters. The second-order valence-electron chi connectivity index (χ2n) is 3.73. The number of carbonyl (C=O) groups is 1. The number of hydrogen-bond acceptors (Lipinski definition) is 4. The van der Waals surface area contributed by atoms with Crippen LogP contribution in [0.2, 0.25) is 0 Å². The van der Waals surface area contributed by atoms with Crippen LogP contribution in [0, 0.1) is 0 Å². The van der Waals surface area contributed by atoms with Crippen molar-refractivity contribution in [3.63, 3.8) is 0 Å². The predicted molar refractivity (Wildman–Crippen MR) is 59.2 cm³/mol. The summed E-state index contributed by atoms with van der Waals surface area (Å²) < 4.78 is 5.70. The fourth-order valence-corrected chi connectivity index (χ4v) is 1.43. The maximum atomic E-state index is 11.6. The second kappa shape index (κ2) is 4.49. The number of aromatic nitrogens is 1. The van der Waals surface area contributed by atoms with E-state index < -0.39 is 0 Å². The van der Waals surface area contributed by atoms with Crippen molar-refractivity contribution >= 4 is 5.91 Å². The molecular weight excluding hydrogens is 206 g/mol. The van der Waals surface area contributed by atoms with Crippen molar-refractivity contribution in [2.24, 2.45) is 5.73 Å². The number of nitrogens with one attached hydrogen (secondary N) is 1. The minimum absolute atomic E-state index is 0.173. The number of nitrogens with zero attached hydrogens (tertiary/aromatic N) is 1. The Hall–Kier alpha value is -1.62. The van der Waals surface area contributed by atoms with Gasteiger partial charge in [-0.3, -0.25) is 9.78 Å². The van der Waals surface area contributed by atoms with Gasteiger partial charge in [0, 0.05) is 19.8 Å². The molecule has 1 fully saturated rings. The van der Waals surface area contributed by atoms with E-state index >= 15 is 0 Å². The van der Waals surface area contributed by atoms with Crippen molar-refractivity contribution in [3.05, 3.63) is 23.5 Å². The van der Waals surface area contributed by atoms with Crippen LogP contribution in [-0.4, -0.2) is 24.0 Å². The van der Waals surface area contributed by atoms with Crippen molar-refractivity contribution in [2.75, 3.05) is 7.05 Å². The second-order valence-corrected chi connectivity index (χ2v) is 3.73. The molecule has 0 aliphatic heterocycles. The number of amides is 1. The average Bonchev–Trinajstić information content (AvgIpc) is 3.12. The van der Waals surface area contributed by atoms with Gasteiger partial charge in [0.1, 0.15) is 0 Å². The molecule has 0 bridgehead atoms. The first-order valence-electron chi connectivity index (χ1n) is 5.33. The van der Waals surface area contributed by atoms with E-state index in [1.54, 1.807) is 19.3 Å². The molecule has 0 aromatic carbocycles. The molecule has 0 radical (unpaired) electrons. The molecule has 0 spiro atoms. The summed E-state index contributed by atoms with van der Waals surface area (Å²) in [6.07, 6.45) is 3.86. The molecule has 5 heteroatoms. The molecular formula is C11H15N3O2. The lowest BCUT2D eigenvalue weighted by Crippen LogP contribution is -2.20. The van der Waals surface area contributed by atoms with E-state index in [1.807, 2.05) is 0 Å². The molecule has 16 heavy (non-hydrogen) atoms. The molecule has 3 N–H and O–H groups in total.